The molecule has 0 unspecified atom stereocenters. The lowest BCUT2D eigenvalue weighted by Gasteiger charge is -2.26. The van der Waals surface area contributed by atoms with E-state index in [1.165, 1.54) is 6.42 Å². The summed E-state index contributed by atoms with van der Waals surface area (Å²) in [6.45, 7) is 10.3. The largest absolute Gasteiger partial charge is 0.304 e. The van der Waals surface area contributed by atoms with Crippen LogP contribution in [0.1, 0.15) is 34.1 Å². The number of rotatable bonds is 5. The number of nitriles is 1. The molecule has 0 aliphatic rings. The average molecular weight is 168 g/mol. The van der Waals surface area contributed by atoms with Gasteiger partial charge in [-0.15, -0.1) is 0 Å². The highest BCUT2D eigenvalue weighted by Gasteiger charge is 2.18. The SMILES string of the molecule is CC(C)CC(C)(C)CNCC#N. The van der Waals surface area contributed by atoms with Crippen molar-refractivity contribution < 1.29 is 0 Å². The van der Waals surface area contributed by atoms with Gasteiger partial charge in [0.05, 0.1) is 12.6 Å². The first-order valence-electron chi connectivity index (χ1n) is 4.55. The summed E-state index contributed by atoms with van der Waals surface area (Å²) in [7, 11) is 0. The quantitative estimate of drug-likeness (QED) is 0.504. The second-order valence-corrected chi connectivity index (χ2v) is 4.52. The molecule has 0 aliphatic heterocycles. The van der Waals surface area contributed by atoms with Gasteiger partial charge >= 0.3 is 0 Å². The summed E-state index contributed by atoms with van der Waals surface area (Å²) >= 11 is 0. The number of hydrogen-bond acceptors (Lipinski definition) is 2. The molecule has 1 N–H and O–H groups in total. The van der Waals surface area contributed by atoms with Crippen molar-refractivity contribution in [3.05, 3.63) is 0 Å². The normalized spacial score (nSPS) is 11.7. The predicted octanol–water partition coefficient (Wildman–Crippen LogP) is 2.17. The molecule has 0 saturated heterocycles. The highest BCUT2D eigenvalue weighted by atomic mass is 14.9. The molecule has 12 heavy (non-hydrogen) atoms. The van der Waals surface area contributed by atoms with E-state index < -0.39 is 0 Å². The maximum Gasteiger partial charge on any atom is 0.0841 e. The van der Waals surface area contributed by atoms with Crippen molar-refractivity contribution in [1.29, 1.82) is 5.26 Å². The van der Waals surface area contributed by atoms with Gasteiger partial charge in [0.15, 0.2) is 0 Å². The summed E-state index contributed by atoms with van der Waals surface area (Å²) in [5, 5.41) is 11.5. The topological polar surface area (TPSA) is 35.8 Å². The third kappa shape index (κ3) is 6.18. The first-order chi connectivity index (χ1) is 5.48. The molecule has 0 aliphatic carbocycles. The Morgan fingerprint density at radius 1 is 1.42 bits per heavy atom. The van der Waals surface area contributed by atoms with Crippen LogP contribution in [0.25, 0.3) is 0 Å². The minimum Gasteiger partial charge on any atom is -0.304 e. The van der Waals surface area contributed by atoms with Crippen LogP contribution >= 0.6 is 0 Å². The Kier molecular flexibility index (Phi) is 4.92. The fraction of sp³-hybridized carbons (Fsp3) is 0.900. The molecule has 0 rings (SSSR count). The van der Waals surface area contributed by atoms with E-state index in [1.54, 1.807) is 0 Å². The third-order valence-corrected chi connectivity index (χ3v) is 1.77. The zero-order valence-electron chi connectivity index (χ0n) is 8.65. The first kappa shape index (κ1) is 11.4. The van der Waals surface area contributed by atoms with Crippen molar-refractivity contribution in [3.8, 4) is 6.07 Å². The van der Waals surface area contributed by atoms with Gasteiger partial charge in [-0.2, -0.15) is 5.26 Å². The van der Waals surface area contributed by atoms with Crippen molar-refractivity contribution >= 4 is 0 Å². The van der Waals surface area contributed by atoms with Crippen LogP contribution in [-0.2, 0) is 0 Å². The molecular formula is C10H20N2. The number of nitrogens with one attached hydrogen (secondary N) is 1. The van der Waals surface area contributed by atoms with Crippen LogP contribution in [0.2, 0.25) is 0 Å². The molecule has 0 aromatic carbocycles. The van der Waals surface area contributed by atoms with Crippen LogP contribution in [0.4, 0.5) is 0 Å². The molecule has 0 amide bonds. The predicted molar refractivity (Wildman–Crippen MR) is 51.7 cm³/mol. The lowest BCUT2D eigenvalue weighted by molar-refractivity contribution is 0.277. The Hall–Kier alpha value is -0.550. The molecule has 0 fully saturated rings. The summed E-state index contributed by atoms with van der Waals surface area (Å²) in [5.74, 6) is 0.726. The summed E-state index contributed by atoms with van der Waals surface area (Å²) in [5.41, 5.74) is 0.311. The molecule has 0 saturated carbocycles. The van der Waals surface area contributed by atoms with Crippen LogP contribution in [0.3, 0.4) is 0 Å². The zero-order chi connectivity index (χ0) is 9.61. The molecular weight excluding hydrogens is 148 g/mol. The van der Waals surface area contributed by atoms with Crippen LogP contribution in [0, 0.1) is 22.7 Å². The summed E-state index contributed by atoms with van der Waals surface area (Å²) in [4.78, 5) is 0. The molecule has 0 bridgehead atoms. The molecule has 0 spiro atoms. The smallest absolute Gasteiger partial charge is 0.0841 e. The van der Waals surface area contributed by atoms with Crippen molar-refractivity contribution in [1.82, 2.24) is 5.32 Å². The van der Waals surface area contributed by atoms with Gasteiger partial charge < -0.3 is 5.32 Å². The number of nitrogens with zero attached hydrogens (tertiary/aromatic N) is 1. The molecule has 0 heterocycles. The Morgan fingerprint density at radius 3 is 2.42 bits per heavy atom. The molecule has 70 valence electrons. The van der Waals surface area contributed by atoms with Crippen LogP contribution in [-0.4, -0.2) is 13.1 Å². The van der Waals surface area contributed by atoms with E-state index in [9.17, 15) is 0 Å². The van der Waals surface area contributed by atoms with Gasteiger partial charge in [-0.3, -0.25) is 0 Å². The Labute approximate surface area is 76.0 Å². The molecule has 0 atom stereocenters. The minimum atomic E-state index is 0.311. The monoisotopic (exact) mass is 168 g/mol. The summed E-state index contributed by atoms with van der Waals surface area (Å²) in [6.07, 6.45) is 1.20. The van der Waals surface area contributed by atoms with E-state index in [1.807, 2.05) is 0 Å². The van der Waals surface area contributed by atoms with E-state index in [0.29, 0.717) is 12.0 Å². The highest BCUT2D eigenvalue weighted by molar-refractivity contribution is 4.78. The van der Waals surface area contributed by atoms with Gasteiger partial charge in [-0.25, -0.2) is 0 Å². The second kappa shape index (κ2) is 5.16. The fourth-order valence-electron chi connectivity index (χ4n) is 1.63. The summed E-state index contributed by atoms with van der Waals surface area (Å²) < 4.78 is 0. The van der Waals surface area contributed by atoms with Crippen LogP contribution in [0.15, 0.2) is 0 Å². The van der Waals surface area contributed by atoms with Gasteiger partial charge in [-0.05, 0) is 17.8 Å². The second-order valence-electron chi connectivity index (χ2n) is 4.52. The Bertz CT molecular complexity index is 154. The van der Waals surface area contributed by atoms with Gasteiger partial charge in [-0.1, -0.05) is 27.7 Å². The lowest BCUT2D eigenvalue weighted by atomic mass is 9.84. The van der Waals surface area contributed by atoms with E-state index in [2.05, 4.69) is 39.1 Å². The van der Waals surface area contributed by atoms with Gasteiger partial charge in [0, 0.05) is 6.54 Å². The van der Waals surface area contributed by atoms with E-state index in [4.69, 9.17) is 5.26 Å². The molecule has 2 heteroatoms. The Balaban J connectivity index is 3.65. The highest BCUT2D eigenvalue weighted by Crippen LogP contribution is 2.23. The standard InChI is InChI=1S/C10H20N2/c1-9(2)7-10(3,4)8-12-6-5-11/h9,12H,6-8H2,1-4H3. The minimum absolute atomic E-state index is 0.311. The molecule has 0 aromatic heterocycles. The van der Waals surface area contributed by atoms with E-state index in [0.717, 1.165) is 12.5 Å². The maximum absolute atomic E-state index is 8.33. The van der Waals surface area contributed by atoms with Crippen LogP contribution < -0.4 is 5.32 Å². The van der Waals surface area contributed by atoms with Gasteiger partial charge in [0.25, 0.3) is 0 Å². The van der Waals surface area contributed by atoms with Crippen molar-refractivity contribution in [3.63, 3.8) is 0 Å². The van der Waals surface area contributed by atoms with Crippen molar-refractivity contribution in [2.75, 3.05) is 13.1 Å². The first-order valence-corrected chi connectivity index (χ1v) is 4.55. The maximum atomic E-state index is 8.33. The third-order valence-electron chi connectivity index (χ3n) is 1.77. The average Bonchev–Trinajstić information content (AvgIpc) is 1.84. The zero-order valence-corrected chi connectivity index (χ0v) is 8.65. The van der Waals surface area contributed by atoms with Gasteiger partial charge in [0.1, 0.15) is 0 Å². The number of hydrogen-bond donors (Lipinski definition) is 1. The lowest BCUT2D eigenvalue weighted by Crippen LogP contribution is -2.30. The fourth-order valence-corrected chi connectivity index (χ4v) is 1.63. The van der Waals surface area contributed by atoms with E-state index in [-0.39, 0.29) is 0 Å². The Morgan fingerprint density at radius 2 is 2.00 bits per heavy atom. The van der Waals surface area contributed by atoms with Crippen molar-refractivity contribution in [2.24, 2.45) is 11.3 Å². The molecule has 2 nitrogen and oxygen atoms in total. The van der Waals surface area contributed by atoms with Crippen molar-refractivity contribution in [2.45, 2.75) is 34.1 Å². The summed E-state index contributed by atoms with van der Waals surface area (Å²) in [6, 6.07) is 2.08. The van der Waals surface area contributed by atoms with E-state index >= 15 is 0 Å². The van der Waals surface area contributed by atoms with Crippen LogP contribution in [0.5, 0.6) is 0 Å². The molecule has 0 aromatic rings. The molecule has 0 radical (unpaired) electrons. The van der Waals surface area contributed by atoms with Gasteiger partial charge in [0.2, 0.25) is 0 Å².